The summed E-state index contributed by atoms with van der Waals surface area (Å²) in [5, 5.41) is 9.49. The van der Waals surface area contributed by atoms with E-state index in [4.69, 9.17) is 9.73 Å². The van der Waals surface area contributed by atoms with Crippen LogP contribution < -0.4 is 0 Å². The maximum Gasteiger partial charge on any atom is 0.306 e. The molecule has 4 heteroatoms. The van der Waals surface area contributed by atoms with Crippen molar-refractivity contribution in [1.29, 1.82) is 0 Å². The molecule has 0 aliphatic carbocycles. The van der Waals surface area contributed by atoms with Crippen LogP contribution in [0.25, 0.3) is 0 Å². The molecule has 132 valence electrons. The molecule has 2 atom stereocenters. The van der Waals surface area contributed by atoms with E-state index in [-0.39, 0.29) is 17.6 Å². The summed E-state index contributed by atoms with van der Waals surface area (Å²) in [5.74, 6) is 0.969. The van der Waals surface area contributed by atoms with Gasteiger partial charge in [0.2, 0.25) is 0 Å². The van der Waals surface area contributed by atoms with E-state index >= 15 is 0 Å². The third-order valence-electron chi connectivity index (χ3n) is 4.47. The maximum atomic E-state index is 12.2. The van der Waals surface area contributed by atoms with E-state index < -0.39 is 0 Å². The Kier molecular flexibility index (Phi) is 6.83. The fourth-order valence-electron chi connectivity index (χ4n) is 3.14. The van der Waals surface area contributed by atoms with Gasteiger partial charge in [0.1, 0.15) is 5.75 Å². The monoisotopic (exact) mass is 331 g/mol. The Hall–Kier alpha value is -1.84. The molecular weight excluding hydrogens is 302 g/mol. The second-order valence-corrected chi connectivity index (χ2v) is 7.06. The van der Waals surface area contributed by atoms with Crippen LogP contribution in [0.15, 0.2) is 29.3 Å². The van der Waals surface area contributed by atoms with E-state index in [1.807, 2.05) is 26.0 Å². The predicted octanol–water partition coefficient (Wildman–Crippen LogP) is 4.21. The number of hydrogen-bond donors (Lipinski definition) is 1. The average molecular weight is 331 g/mol. The zero-order valence-corrected chi connectivity index (χ0v) is 15.0. The minimum atomic E-state index is -0.136. The normalized spacial score (nSPS) is 20.2. The smallest absolute Gasteiger partial charge is 0.306 e. The van der Waals surface area contributed by atoms with Gasteiger partial charge in [-0.1, -0.05) is 33.6 Å². The molecule has 0 spiro atoms. The molecule has 0 radical (unpaired) electrons. The summed E-state index contributed by atoms with van der Waals surface area (Å²) < 4.78 is 5.39. The average Bonchev–Trinajstić information content (AvgIpc) is 2.94. The van der Waals surface area contributed by atoms with Gasteiger partial charge in [-0.25, -0.2) is 0 Å². The molecule has 1 aromatic carbocycles. The lowest BCUT2D eigenvalue weighted by Gasteiger charge is -2.21. The minimum Gasteiger partial charge on any atom is -0.508 e. The number of carbonyl (C=O) groups is 1. The largest absolute Gasteiger partial charge is 0.508 e. The first-order valence-corrected chi connectivity index (χ1v) is 9.00. The number of aromatic hydroxyl groups is 1. The van der Waals surface area contributed by atoms with Crippen molar-refractivity contribution in [3.05, 3.63) is 29.8 Å². The van der Waals surface area contributed by atoms with Crippen LogP contribution in [0, 0.1) is 17.8 Å². The third-order valence-corrected chi connectivity index (χ3v) is 4.47. The molecule has 1 aliphatic heterocycles. The molecule has 1 aromatic rings. The lowest BCUT2D eigenvalue weighted by Crippen LogP contribution is -2.25. The Labute approximate surface area is 144 Å². The highest BCUT2D eigenvalue weighted by molar-refractivity contribution is 6.04. The van der Waals surface area contributed by atoms with E-state index in [0.717, 1.165) is 37.1 Å². The summed E-state index contributed by atoms with van der Waals surface area (Å²) in [5.41, 5.74) is 1.98. The van der Waals surface area contributed by atoms with Crippen molar-refractivity contribution in [2.45, 2.75) is 46.5 Å². The molecule has 0 saturated carbocycles. The molecular formula is C20H29NO3. The van der Waals surface area contributed by atoms with Crippen LogP contribution in [0.2, 0.25) is 0 Å². The van der Waals surface area contributed by atoms with Crippen molar-refractivity contribution in [3.8, 4) is 5.75 Å². The summed E-state index contributed by atoms with van der Waals surface area (Å²) in [6.45, 7) is 7.50. The third kappa shape index (κ3) is 5.08. The molecule has 4 nitrogen and oxygen atoms in total. The van der Waals surface area contributed by atoms with E-state index in [1.165, 1.54) is 0 Å². The number of phenolic OH excluding ortho intramolecular Hbond substituents is 1. The molecule has 1 heterocycles. The van der Waals surface area contributed by atoms with Gasteiger partial charge in [-0.3, -0.25) is 9.79 Å². The van der Waals surface area contributed by atoms with Gasteiger partial charge in [0.05, 0.1) is 13.0 Å². The van der Waals surface area contributed by atoms with Gasteiger partial charge in [0, 0.05) is 18.2 Å². The number of aliphatic imine (C=N–C) groups is 1. The van der Waals surface area contributed by atoms with Crippen LogP contribution in [0.5, 0.6) is 5.75 Å². The van der Waals surface area contributed by atoms with Gasteiger partial charge in [0.25, 0.3) is 0 Å². The summed E-state index contributed by atoms with van der Waals surface area (Å²) in [6.07, 6.45) is 3.78. The first-order valence-electron chi connectivity index (χ1n) is 9.00. The summed E-state index contributed by atoms with van der Waals surface area (Å²) in [6, 6.07) is 7.10. The number of ether oxygens (including phenoxy) is 1. The molecule has 2 unspecified atom stereocenters. The molecule has 0 saturated heterocycles. The molecule has 2 rings (SSSR count). The van der Waals surface area contributed by atoms with Gasteiger partial charge < -0.3 is 9.84 Å². The van der Waals surface area contributed by atoms with Gasteiger partial charge in [-0.2, -0.15) is 0 Å². The zero-order chi connectivity index (χ0) is 17.5. The summed E-state index contributed by atoms with van der Waals surface area (Å²) >= 11 is 0. The Morgan fingerprint density at radius 3 is 2.67 bits per heavy atom. The number of hydrogen-bond acceptors (Lipinski definition) is 4. The topological polar surface area (TPSA) is 58.9 Å². The number of esters is 1. The van der Waals surface area contributed by atoms with Crippen LogP contribution >= 0.6 is 0 Å². The first-order chi connectivity index (χ1) is 11.5. The van der Waals surface area contributed by atoms with Gasteiger partial charge in [-0.15, -0.1) is 0 Å². The van der Waals surface area contributed by atoms with E-state index in [9.17, 15) is 9.90 Å². The quantitative estimate of drug-likeness (QED) is 0.726. The minimum absolute atomic E-state index is 0.112. The van der Waals surface area contributed by atoms with E-state index in [1.54, 1.807) is 12.1 Å². The van der Waals surface area contributed by atoms with Crippen molar-refractivity contribution >= 4 is 11.7 Å². The van der Waals surface area contributed by atoms with Crippen LogP contribution in [-0.2, 0) is 9.53 Å². The van der Waals surface area contributed by atoms with E-state index in [2.05, 4.69) is 6.92 Å². The maximum absolute atomic E-state index is 12.2. The highest BCUT2D eigenvalue weighted by atomic mass is 16.5. The Bertz CT molecular complexity index is 563. The molecule has 1 N–H and O–H groups in total. The van der Waals surface area contributed by atoms with Crippen LogP contribution in [0.3, 0.4) is 0 Å². The fourth-order valence-corrected chi connectivity index (χ4v) is 3.14. The predicted molar refractivity (Wildman–Crippen MR) is 96.4 cm³/mol. The second-order valence-electron chi connectivity index (χ2n) is 7.06. The van der Waals surface area contributed by atoms with Crippen molar-refractivity contribution < 1.29 is 14.6 Å². The standard InChI is InChI=1S/C20H29NO3/c1-4-5-6-16-12-21-20(15-7-9-17(22)10-8-15)18(16)11-19(23)24-13-14(2)3/h7-10,14,16,18,22H,4-6,11-13H2,1-3H3. The van der Waals surface area contributed by atoms with Gasteiger partial charge >= 0.3 is 5.97 Å². The van der Waals surface area contributed by atoms with Crippen LogP contribution in [0.4, 0.5) is 0 Å². The number of carbonyl (C=O) groups excluding carboxylic acids is 1. The number of nitrogens with zero attached hydrogens (tertiary/aromatic N) is 1. The molecule has 0 amide bonds. The fraction of sp³-hybridized carbons (Fsp3) is 0.600. The first kappa shape index (κ1) is 18.5. The van der Waals surface area contributed by atoms with Crippen LogP contribution in [-0.4, -0.2) is 29.9 Å². The lowest BCUT2D eigenvalue weighted by atomic mass is 9.82. The van der Waals surface area contributed by atoms with E-state index in [0.29, 0.717) is 24.9 Å². The van der Waals surface area contributed by atoms with Crippen molar-refractivity contribution in [3.63, 3.8) is 0 Å². The number of benzene rings is 1. The molecule has 1 aliphatic rings. The Morgan fingerprint density at radius 2 is 2.04 bits per heavy atom. The highest BCUT2D eigenvalue weighted by Gasteiger charge is 2.33. The number of phenols is 1. The van der Waals surface area contributed by atoms with Crippen molar-refractivity contribution in [2.75, 3.05) is 13.2 Å². The summed E-state index contributed by atoms with van der Waals surface area (Å²) in [4.78, 5) is 17.0. The Balaban J connectivity index is 2.10. The lowest BCUT2D eigenvalue weighted by molar-refractivity contribution is -0.145. The number of rotatable bonds is 8. The second kappa shape index (κ2) is 8.86. The van der Waals surface area contributed by atoms with Crippen molar-refractivity contribution in [1.82, 2.24) is 0 Å². The zero-order valence-electron chi connectivity index (χ0n) is 15.0. The van der Waals surface area contributed by atoms with Crippen molar-refractivity contribution in [2.24, 2.45) is 22.7 Å². The van der Waals surface area contributed by atoms with Gasteiger partial charge in [0.15, 0.2) is 0 Å². The summed E-state index contributed by atoms with van der Waals surface area (Å²) in [7, 11) is 0. The Morgan fingerprint density at radius 1 is 1.33 bits per heavy atom. The molecule has 0 bridgehead atoms. The van der Waals surface area contributed by atoms with Gasteiger partial charge in [-0.05, 0) is 48.1 Å². The highest BCUT2D eigenvalue weighted by Crippen LogP contribution is 2.32. The van der Waals surface area contributed by atoms with Crippen LogP contribution in [0.1, 0.15) is 52.0 Å². The molecule has 0 aromatic heterocycles. The molecule has 24 heavy (non-hydrogen) atoms. The SMILES string of the molecule is CCCCC1CN=C(c2ccc(O)cc2)C1CC(=O)OCC(C)C. The number of unbranched alkanes of at least 4 members (excludes halogenated alkanes) is 1. The molecule has 0 fully saturated rings.